The summed E-state index contributed by atoms with van der Waals surface area (Å²) in [5, 5.41) is 11.8. The number of nitrogen functional groups attached to an aromatic ring is 1. The average molecular weight is 615 g/mol. The lowest BCUT2D eigenvalue weighted by molar-refractivity contribution is 0.102. The fourth-order valence-corrected chi connectivity index (χ4v) is 5.09. The molecule has 5 N–H and O–H groups in total. The summed E-state index contributed by atoms with van der Waals surface area (Å²) in [7, 11) is 1.45. The van der Waals surface area contributed by atoms with E-state index in [1.165, 1.54) is 19.2 Å². The Labute approximate surface area is 250 Å². The van der Waals surface area contributed by atoms with Crippen LogP contribution in [0, 0.1) is 11.6 Å². The molecule has 2 aromatic carbocycles. The molecule has 0 atom stereocenters. The Morgan fingerprint density at radius 2 is 1.81 bits per heavy atom. The van der Waals surface area contributed by atoms with Crippen LogP contribution in [0.1, 0.15) is 38.1 Å². The molecule has 2 aromatic heterocycles. The van der Waals surface area contributed by atoms with Gasteiger partial charge in [-0.05, 0) is 52.0 Å². The largest absolute Gasteiger partial charge is 0.497 e. The number of ether oxygens (including phenoxy) is 1. The minimum atomic E-state index is -0.997. The molecule has 0 saturated carbocycles. The van der Waals surface area contributed by atoms with Crippen molar-refractivity contribution < 1.29 is 27.6 Å². The fourth-order valence-electron chi connectivity index (χ4n) is 4.29. The van der Waals surface area contributed by atoms with Crippen LogP contribution < -0.4 is 26.4 Å². The summed E-state index contributed by atoms with van der Waals surface area (Å²) in [6, 6.07) is 8.12. The van der Waals surface area contributed by atoms with E-state index in [0.717, 1.165) is 17.4 Å². The summed E-state index contributed by atoms with van der Waals surface area (Å²) in [6.45, 7) is 9.46. The zero-order valence-electron chi connectivity index (χ0n) is 24.2. The van der Waals surface area contributed by atoms with E-state index in [9.17, 15) is 18.4 Å². The van der Waals surface area contributed by atoms with Crippen molar-refractivity contribution in [3.05, 3.63) is 53.6 Å². The molecule has 2 heterocycles. The van der Waals surface area contributed by atoms with Crippen LogP contribution in [-0.2, 0) is 0 Å². The first kappa shape index (κ1) is 31.3. The van der Waals surface area contributed by atoms with Crippen molar-refractivity contribution in [2.45, 2.75) is 39.8 Å². The predicted molar refractivity (Wildman–Crippen MR) is 160 cm³/mol. The van der Waals surface area contributed by atoms with Crippen LogP contribution in [0.3, 0.4) is 0 Å². The summed E-state index contributed by atoms with van der Waals surface area (Å²) >= 11 is 0.982. The number of nitrogens with one attached hydrogen (secondary N) is 3. The van der Waals surface area contributed by atoms with Gasteiger partial charge in [0.2, 0.25) is 5.82 Å². The van der Waals surface area contributed by atoms with E-state index in [-0.39, 0.29) is 44.4 Å². The van der Waals surface area contributed by atoms with Crippen molar-refractivity contribution in [3.8, 4) is 27.9 Å². The standard InChI is InChI=1S/C28H32F2N8O4S/c1-14(2)38(15(3)4)10-9-32-27(40)36-28-34-23(31)22(43-28)26-35-24(37-42-26)18-12-21(20(30)13-19(18)29)33-25(39)16-7-6-8-17(11-16)41-5/h6-8,11-15H,9-10,31H2,1-5H3,(H,33,39)(H2,32,34,36,40). The highest BCUT2D eigenvalue weighted by Crippen LogP contribution is 2.35. The minimum absolute atomic E-state index is 0.00658. The Hall–Kier alpha value is -4.63. The summed E-state index contributed by atoms with van der Waals surface area (Å²) < 4.78 is 39.7. The SMILES string of the molecule is COc1cccc(C(=O)Nc2cc(-c3noc(-c4sc(NC(=O)NCCN(C(C)C)C(C)C)nc4N)n3)c(F)cc2F)c1. The van der Waals surface area contributed by atoms with Gasteiger partial charge in [0.1, 0.15) is 28.1 Å². The van der Waals surface area contributed by atoms with Gasteiger partial charge in [0.25, 0.3) is 11.8 Å². The maximum absolute atomic E-state index is 14.8. The van der Waals surface area contributed by atoms with Gasteiger partial charge in [-0.25, -0.2) is 18.6 Å². The molecule has 0 aliphatic carbocycles. The number of hydrogen-bond acceptors (Lipinski definition) is 10. The maximum atomic E-state index is 14.8. The summed E-state index contributed by atoms with van der Waals surface area (Å²) in [5.41, 5.74) is 5.71. The number of urea groups is 1. The zero-order valence-corrected chi connectivity index (χ0v) is 25.0. The van der Waals surface area contributed by atoms with E-state index in [2.05, 4.69) is 63.7 Å². The first-order valence-electron chi connectivity index (χ1n) is 13.3. The number of anilines is 3. The van der Waals surface area contributed by atoms with Gasteiger partial charge < -0.3 is 25.6 Å². The molecule has 0 unspecified atom stereocenters. The molecule has 3 amide bonds. The van der Waals surface area contributed by atoms with Crippen molar-refractivity contribution in [2.75, 3.05) is 36.6 Å². The van der Waals surface area contributed by atoms with Crippen molar-refractivity contribution in [2.24, 2.45) is 0 Å². The number of benzene rings is 2. The summed E-state index contributed by atoms with van der Waals surface area (Å²) in [5.74, 6) is -2.47. The maximum Gasteiger partial charge on any atom is 0.321 e. The molecule has 0 radical (unpaired) electrons. The molecule has 15 heteroatoms. The Bertz CT molecular complexity index is 1600. The van der Waals surface area contributed by atoms with Crippen molar-refractivity contribution in [1.29, 1.82) is 0 Å². The molecule has 12 nitrogen and oxygen atoms in total. The molecule has 0 aliphatic rings. The van der Waals surface area contributed by atoms with Gasteiger partial charge in [0, 0.05) is 36.8 Å². The number of methoxy groups -OCH3 is 1. The van der Waals surface area contributed by atoms with Gasteiger partial charge >= 0.3 is 6.03 Å². The third kappa shape index (κ3) is 7.61. The first-order valence-corrected chi connectivity index (χ1v) is 14.1. The van der Waals surface area contributed by atoms with Crippen LogP contribution in [0.2, 0.25) is 0 Å². The number of aromatic nitrogens is 3. The van der Waals surface area contributed by atoms with Crippen LogP contribution >= 0.6 is 11.3 Å². The predicted octanol–water partition coefficient (Wildman–Crippen LogP) is 5.22. The molecule has 0 saturated heterocycles. The number of halogens is 2. The number of amides is 3. The number of hydrogen-bond donors (Lipinski definition) is 4. The zero-order chi connectivity index (χ0) is 31.3. The number of nitrogens with two attached hydrogens (primary N) is 1. The molecule has 0 spiro atoms. The molecular weight excluding hydrogens is 582 g/mol. The topological polar surface area (TPSA) is 161 Å². The van der Waals surface area contributed by atoms with Crippen LogP contribution in [0.4, 0.5) is 30.2 Å². The highest BCUT2D eigenvalue weighted by atomic mass is 32.1. The lowest BCUT2D eigenvalue weighted by atomic mass is 10.1. The quantitative estimate of drug-likeness (QED) is 0.178. The second-order valence-corrected chi connectivity index (χ2v) is 11.0. The minimum Gasteiger partial charge on any atom is -0.497 e. The van der Waals surface area contributed by atoms with Gasteiger partial charge in [0.05, 0.1) is 18.4 Å². The van der Waals surface area contributed by atoms with Gasteiger partial charge in [-0.2, -0.15) is 4.98 Å². The Morgan fingerprint density at radius 1 is 1.07 bits per heavy atom. The Morgan fingerprint density at radius 3 is 2.51 bits per heavy atom. The van der Waals surface area contributed by atoms with E-state index in [1.807, 2.05) is 0 Å². The first-order chi connectivity index (χ1) is 20.5. The molecule has 4 rings (SSSR count). The van der Waals surface area contributed by atoms with Crippen LogP contribution in [0.25, 0.3) is 22.2 Å². The van der Waals surface area contributed by atoms with Gasteiger partial charge in [-0.3, -0.25) is 15.0 Å². The number of carbonyl (C=O) groups is 2. The molecule has 0 bridgehead atoms. The molecule has 0 aliphatic heterocycles. The second-order valence-electron chi connectivity index (χ2n) is 9.96. The van der Waals surface area contributed by atoms with E-state index in [4.69, 9.17) is 15.0 Å². The van der Waals surface area contributed by atoms with Gasteiger partial charge in [0.15, 0.2) is 5.13 Å². The highest BCUT2D eigenvalue weighted by molar-refractivity contribution is 7.19. The molecule has 228 valence electrons. The lowest BCUT2D eigenvalue weighted by Gasteiger charge is -2.30. The number of thiazole rings is 1. The van der Waals surface area contributed by atoms with Crippen LogP contribution in [0.15, 0.2) is 40.9 Å². The second kappa shape index (κ2) is 13.6. The number of carbonyl (C=O) groups excluding carboxylic acids is 2. The summed E-state index contributed by atoms with van der Waals surface area (Å²) in [4.78, 5) is 35.9. The monoisotopic (exact) mass is 614 g/mol. The van der Waals surface area contributed by atoms with Gasteiger partial charge in [-0.1, -0.05) is 22.6 Å². The third-order valence-corrected chi connectivity index (χ3v) is 7.33. The Balaban J connectivity index is 1.46. The van der Waals surface area contributed by atoms with E-state index in [0.29, 0.717) is 37.0 Å². The lowest BCUT2D eigenvalue weighted by Crippen LogP contribution is -2.43. The smallest absolute Gasteiger partial charge is 0.321 e. The summed E-state index contributed by atoms with van der Waals surface area (Å²) in [6.07, 6.45) is 0. The van der Waals surface area contributed by atoms with E-state index < -0.39 is 23.6 Å². The number of rotatable bonds is 11. The third-order valence-electron chi connectivity index (χ3n) is 6.35. The normalized spacial score (nSPS) is 11.3. The highest BCUT2D eigenvalue weighted by Gasteiger charge is 2.22. The number of nitrogens with zero attached hydrogens (tertiary/aromatic N) is 4. The average Bonchev–Trinajstić information content (AvgIpc) is 3.58. The van der Waals surface area contributed by atoms with E-state index in [1.54, 1.807) is 12.1 Å². The molecule has 4 aromatic rings. The van der Waals surface area contributed by atoms with Crippen molar-refractivity contribution in [3.63, 3.8) is 0 Å². The van der Waals surface area contributed by atoms with Crippen molar-refractivity contribution in [1.82, 2.24) is 25.3 Å². The van der Waals surface area contributed by atoms with Crippen molar-refractivity contribution >= 4 is 39.9 Å². The Kier molecular flexibility index (Phi) is 9.88. The fraction of sp³-hybridized carbons (Fsp3) is 0.321. The molecular formula is C28H32F2N8O4S. The van der Waals surface area contributed by atoms with Crippen LogP contribution in [0.5, 0.6) is 5.75 Å². The molecule has 43 heavy (non-hydrogen) atoms. The van der Waals surface area contributed by atoms with Gasteiger partial charge in [-0.15, -0.1) is 0 Å². The van der Waals surface area contributed by atoms with Crippen LogP contribution in [-0.4, -0.2) is 64.2 Å². The molecule has 0 fully saturated rings. The van der Waals surface area contributed by atoms with E-state index >= 15 is 0 Å².